The lowest BCUT2D eigenvalue weighted by Gasteiger charge is -2.13. The molecule has 1 aromatic rings. The van der Waals surface area contributed by atoms with E-state index >= 15 is 0 Å². The van der Waals surface area contributed by atoms with Crippen LogP contribution in [0, 0.1) is 11.8 Å². The second kappa shape index (κ2) is 3.37. The van der Waals surface area contributed by atoms with Crippen molar-refractivity contribution in [2.75, 3.05) is 0 Å². The molecule has 2 aliphatic carbocycles. The van der Waals surface area contributed by atoms with E-state index in [1.165, 1.54) is 25.7 Å². The summed E-state index contributed by atoms with van der Waals surface area (Å²) in [5.74, 6) is 1.78. The fourth-order valence-electron chi connectivity index (χ4n) is 3.08. The van der Waals surface area contributed by atoms with Crippen LogP contribution < -0.4 is 0 Å². The SMILES string of the molecule is BrC1C2CCC1Cc1ccccc1C2. The van der Waals surface area contributed by atoms with Gasteiger partial charge in [0.2, 0.25) is 0 Å². The van der Waals surface area contributed by atoms with Gasteiger partial charge in [-0.05, 0) is 48.6 Å². The minimum atomic E-state index is 0.773. The molecule has 2 bridgehead atoms. The fraction of sp³-hybridized carbons (Fsp3) is 0.538. The maximum atomic E-state index is 3.89. The van der Waals surface area contributed by atoms with Crippen molar-refractivity contribution in [2.24, 2.45) is 11.8 Å². The van der Waals surface area contributed by atoms with Crippen molar-refractivity contribution < 1.29 is 0 Å². The van der Waals surface area contributed by atoms with Crippen LogP contribution in [-0.4, -0.2) is 4.83 Å². The van der Waals surface area contributed by atoms with Crippen molar-refractivity contribution in [1.82, 2.24) is 0 Å². The first-order chi connectivity index (χ1) is 6.84. The molecule has 3 rings (SSSR count). The van der Waals surface area contributed by atoms with Crippen LogP contribution in [0.1, 0.15) is 24.0 Å². The standard InChI is InChI=1S/C13H15Br/c14-13-11-5-6-12(13)8-10-4-2-1-3-9(10)7-11/h1-4,11-13H,5-8H2. The molecular weight excluding hydrogens is 236 g/mol. The normalized spacial score (nSPS) is 35.1. The number of halogens is 1. The molecule has 2 atom stereocenters. The van der Waals surface area contributed by atoms with Crippen LogP contribution in [0.15, 0.2) is 24.3 Å². The van der Waals surface area contributed by atoms with Gasteiger partial charge in [-0.1, -0.05) is 40.2 Å². The molecule has 1 saturated carbocycles. The molecule has 0 N–H and O–H groups in total. The zero-order valence-corrected chi connectivity index (χ0v) is 9.83. The van der Waals surface area contributed by atoms with Gasteiger partial charge in [-0.15, -0.1) is 0 Å². The summed E-state index contributed by atoms with van der Waals surface area (Å²) < 4.78 is 0. The molecular formula is C13H15Br. The van der Waals surface area contributed by atoms with E-state index in [1.807, 2.05) is 0 Å². The van der Waals surface area contributed by atoms with E-state index in [1.54, 1.807) is 11.1 Å². The monoisotopic (exact) mass is 250 g/mol. The zero-order chi connectivity index (χ0) is 9.54. The van der Waals surface area contributed by atoms with E-state index < -0.39 is 0 Å². The predicted octanol–water partition coefficient (Wildman–Crippen LogP) is 3.57. The van der Waals surface area contributed by atoms with Crippen molar-refractivity contribution in [3.63, 3.8) is 0 Å². The van der Waals surface area contributed by atoms with Crippen LogP contribution in [0.25, 0.3) is 0 Å². The van der Waals surface area contributed by atoms with Gasteiger partial charge in [0.05, 0.1) is 0 Å². The Bertz CT molecular complexity index is 312. The maximum absolute atomic E-state index is 3.89. The molecule has 74 valence electrons. The molecule has 0 saturated heterocycles. The highest BCUT2D eigenvalue weighted by Gasteiger charge is 2.36. The lowest BCUT2D eigenvalue weighted by atomic mass is 9.94. The van der Waals surface area contributed by atoms with Crippen LogP contribution in [0.3, 0.4) is 0 Å². The van der Waals surface area contributed by atoms with Crippen LogP contribution >= 0.6 is 15.9 Å². The molecule has 0 aromatic heterocycles. The van der Waals surface area contributed by atoms with Gasteiger partial charge < -0.3 is 0 Å². The van der Waals surface area contributed by atoms with Gasteiger partial charge in [-0.3, -0.25) is 0 Å². The summed E-state index contributed by atoms with van der Waals surface area (Å²) in [6.45, 7) is 0. The topological polar surface area (TPSA) is 0 Å². The summed E-state index contributed by atoms with van der Waals surface area (Å²) in [5, 5.41) is 0. The first kappa shape index (κ1) is 8.96. The maximum Gasteiger partial charge on any atom is 0.0208 e. The quantitative estimate of drug-likeness (QED) is 0.618. The minimum absolute atomic E-state index is 0.773. The summed E-state index contributed by atoms with van der Waals surface area (Å²) in [7, 11) is 0. The number of benzene rings is 1. The second-order valence-corrected chi connectivity index (χ2v) is 5.78. The molecule has 2 unspecified atom stereocenters. The van der Waals surface area contributed by atoms with Crippen LogP contribution in [0.4, 0.5) is 0 Å². The van der Waals surface area contributed by atoms with Gasteiger partial charge in [-0.2, -0.15) is 0 Å². The van der Waals surface area contributed by atoms with Gasteiger partial charge >= 0.3 is 0 Å². The average molecular weight is 251 g/mol. The largest absolute Gasteiger partial charge is 0.0884 e. The first-order valence-electron chi connectivity index (χ1n) is 5.55. The molecule has 14 heavy (non-hydrogen) atoms. The van der Waals surface area contributed by atoms with Gasteiger partial charge in [-0.25, -0.2) is 0 Å². The smallest absolute Gasteiger partial charge is 0.0208 e. The Labute approximate surface area is 93.8 Å². The molecule has 0 nitrogen and oxygen atoms in total. The summed E-state index contributed by atoms with van der Waals surface area (Å²) in [5.41, 5.74) is 3.20. The fourth-order valence-corrected chi connectivity index (χ4v) is 3.98. The zero-order valence-electron chi connectivity index (χ0n) is 8.25. The second-order valence-electron chi connectivity index (χ2n) is 4.72. The molecule has 0 spiro atoms. The number of fused-ring (bicyclic) bond motifs is 3. The molecule has 2 aliphatic rings. The summed E-state index contributed by atoms with van der Waals surface area (Å²) in [6.07, 6.45) is 5.44. The van der Waals surface area contributed by atoms with Gasteiger partial charge in [0.1, 0.15) is 0 Å². The van der Waals surface area contributed by atoms with E-state index in [-0.39, 0.29) is 0 Å². The lowest BCUT2D eigenvalue weighted by Crippen LogP contribution is -2.14. The van der Waals surface area contributed by atoms with E-state index in [9.17, 15) is 0 Å². The summed E-state index contributed by atoms with van der Waals surface area (Å²) in [6, 6.07) is 8.99. The molecule has 0 amide bonds. The number of hydrogen-bond donors (Lipinski definition) is 0. The van der Waals surface area contributed by atoms with Crippen LogP contribution in [0.2, 0.25) is 0 Å². The minimum Gasteiger partial charge on any atom is -0.0884 e. The Hall–Kier alpha value is -0.300. The van der Waals surface area contributed by atoms with Crippen molar-refractivity contribution in [2.45, 2.75) is 30.5 Å². The summed E-state index contributed by atoms with van der Waals surface area (Å²) >= 11 is 3.89. The highest BCUT2D eigenvalue weighted by molar-refractivity contribution is 9.09. The van der Waals surface area contributed by atoms with Crippen molar-refractivity contribution in [3.8, 4) is 0 Å². The van der Waals surface area contributed by atoms with Gasteiger partial charge in [0, 0.05) is 4.83 Å². The van der Waals surface area contributed by atoms with Crippen LogP contribution in [-0.2, 0) is 12.8 Å². The van der Waals surface area contributed by atoms with E-state index in [0.29, 0.717) is 0 Å². The molecule has 1 fully saturated rings. The number of hydrogen-bond acceptors (Lipinski definition) is 0. The van der Waals surface area contributed by atoms with Crippen molar-refractivity contribution >= 4 is 15.9 Å². The Morgan fingerprint density at radius 2 is 1.43 bits per heavy atom. The van der Waals surface area contributed by atoms with Crippen LogP contribution in [0.5, 0.6) is 0 Å². The van der Waals surface area contributed by atoms with Crippen molar-refractivity contribution in [3.05, 3.63) is 35.4 Å². The van der Waals surface area contributed by atoms with Gasteiger partial charge in [0.25, 0.3) is 0 Å². The molecule has 1 heteroatoms. The molecule has 0 heterocycles. The highest BCUT2D eigenvalue weighted by Crippen LogP contribution is 2.43. The van der Waals surface area contributed by atoms with E-state index in [4.69, 9.17) is 0 Å². The Balaban J connectivity index is 2.01. The molecule has 1 aromatic carbocycles. The Morgan fingerprint density at radius 3 is 1.93 bits per heavy atom. The first-order valence-corrected chi connectivity index (χ1v) is 6.47. The van der Waals surface area contributed by atoms with Gasteiger partial charge in [0.15, 0.2) is 0 Å². The van der Waals surface area contributed by atoms with E-state index in [2.05, 4.69) is 40.2 Å². The average Bonchev–Trinajstić information content (AvgIpc) is 2.44. The van der Waals surface area contributed by atoms with E-state index in [0.717, 1.165) is 16.7 Å². The lowest BCUT2D eigenvalue weighted by molar-refractivity contribution is 0.536. The highest BCUT2D eigenvalue weighted by atomic mass is 79.9. The predicted molar refractivity (Wildman–Crippen MR) is 62.8 cm³/mol. The number of alkyl halides is 1. The van der Waals surface area contributed by atoms with Crippen molar-refractivity contribution in [1.29, 1.82) is 0 Å². The Kier molecular flexibility index (Phi) is 2.16. The third-order valence-electron chi connectivity index (χ3n) is 3.89. The third kappa shape index (κ3) is 1.33. The molecule has 0 aliphatic heterocycles. The number of rotatable bonds is 0. The summed E-state index contributed by atoms with van der Waals surface area (Å²) in [4.78, 5) is 0.773. The Morgan fingerprint density at radius 1 is 0.929 bits per heavy atom. The molecule has 0 radical (unpaired) electrons. The third-order valence-corrected chi connectivity index (χ3v) is 5.39.